The zero-order valence-electron chi connectivity index (χ0n) is 12.1. The Morgan fingerprint density at radius 2 is 1.62 bits per heavy atom. The van der Waals surface area contributed by atoms with Crippen LogP contribution in [0, 0.1) is 11.8 Å². The zero-order chi connectivity index (χ0) is 14.9. The van der Waals surface area contributed by atoms with E-state index in [4.69, 9.17) is 0 Å². The Morgan fingerprint density at radius 3 is 2.29 bits per heavy atom. The Bertz CT molecular complexity index is 678. The van der Waals surface area contributed by atoms with Crippen molar-refractivity contribution in [3.63, 3.8) is 0 Å². The number of fused-ring (bicyclic) bond motifs is 1. The fourth-order valence-electron chi connectivity index (χ4n) is 4.49. The summed E-state index contributed by atoms with van der Waals surface area (Å²) in [4.78, 5) is 39.2. The maximum absolute atomic E-state index is 12.7. The molecule has 4 nitrogen and oxygen atoms in total. The Hall–Kier alpha value is -1.97. The summed E-state index contributed by atoms with van der Waals surface area (Å²) in [5, 5.41) is 0. The Morgan fingerprint density at radius 1 is 1.00 bits per heavy atom. The van der Waals surface area contributed by atoms with Gasteiger partial charge in [0.05, 0.1) is 17.8 Å². The topological polar surface area (TPSA) is 54.5 Å². The van der Waals surface area contributed by atoms with Gasteiger partial charge in [-0.1, -0.05) is 24.3 Å². The quantitative estimate of drug-likeness (QED) is 0.739. The number of ketones is 1. The van der Waals surface area contributed by atoms with Gasteiger partial charge in [0.15, 0.2) is 0 Å². The molecule has 0 aromatic heterocycles. The highest BCUT2D eigenvalue weighted by Crippen LogP contribution is 2.57. The summed E-state index contributed by atoms with van der Waals surface area (Å²) in [6.07, 6.45) is 0.397. The molecule has 0 N–H and O–H groups in total. The standard InChI is InChI=1S/C17H17NO3/c1-8(2)18-16(20)14-11-7-12(19)13(15(14)17(18)21)10-6-4-3-5-9(10)11/h3-6,8,11,13-15H,7H2,1-2H3. The number of carbonyl (C=O) groups excluding carboxylic acids is 3. The van der Waals surface area contributed by atoms with Gasteiger partial charge >= 0.3 is 0 Å². The first kappa shape index (κ1) is 12.7. The second-order valence-corrected chi connectivity index (χ2v) is 6.58. The Labute approximate surface area is 123 Å². The number of benzene rings is 1. The molecule has 3 aliphatic carbocycles. The second-order valence-electron chi connectivity index (χ2n) is 6.58. The van der Waals surface area contributed by atoms with E-state index in [9.17, 15) is 14.4 Å². The van der Waals surface area contributed by atoms with Crippen molar-refractivity contribution in [1.82, 2.24) is 4.90 Å². The summed E-state index contributed by atoms with van der Waals surface area (Å²) in [5.41, 5.74) is 2.06. The van der Waals surface area contributed by atoms with Gasteiger partial charge in [-0.25, -0.2) is 0 Å². The van der Waals surface area contributed by atoms with E-state index < -0.39 is 11.8 Å². The Kier molecular flexibility index (Phi) is 2.44. The molecule has 1 saturated carbocycles. The van der Waals surface area contributed by atoms with Crippen molar-refractivity contribution < 1.29 is 14.4 Å². The number of rotatable bonds is 1. The van der Waals surface area contributed by atoms with Gasteiger partial charge in [-0.05, 0) is 25.0 Å². The van der Waals surface area contributed by atoms with Crippen molar-refractivity contribution in [2.45, 2.75) is 38.1 Å². The summed E-state index contributed by atoms with van der Waals surface area (Å²) in [7, 11) is 0. The molecule has 0 spiro atoms. The van der Waals surface area contributed by atoms with Gasteiger partial charge < -0.3 is 0 Å². The highest BCUT2D eigenvalue weighted by atomic mass is 16.2. The van der Waals surface area contributed by atoms with Crippen LogP contribution < -0.4 is 0 Å². The van der Waals surface area contributed by atoms with E-state index in [1.54, 1.807) is 0 Å². The second kappa shape index (κ2) is 4.03. The minimum Gasteiger partial charge on any atom is -0.299 e. The molecule has 21 heavy (non-hydrogen) atoms. The summed E-state index contributed by atoms with van der Waals surface area (Å²) in [5.74, 6) is -1.47. The van der Waals surface area contributed by atoms with E-state index in [1.165, 1.54) is 4.90 Å². The lowest BCUT2D eigenvalue weighted by atomic mass is 9.56. The van der Waals surface area contributed by atoms with Crippen LogP contribution in [0.2, 0.25) is 0 Å². The lowest BCUT2D eigenvalue weighted by Crippen LogP contribution is -2.44. The normalized spacial score (nSPS) is 33.7. The number of likely N-dealkylation sites (tertiary alicyclic amines) is 1. The SMILES string of the molecule is CC(C)N1C(=O)C2C3CC(=O)C(c4ccccc43)C2C1=O. The van der Waals surface area contributed by atoms with E-state index in [0.29, 0.717) is 6.42 Å². The molecule has 1 saturated heterocycles. The number of carbonyl (C=O) groups is 3. The summed E-state index contributed by atoms with van der Waals surface area (Å²) < 4.78 is 0. The number of amides is 2. The number of imide groups is 1. The van der Waals surface area contributed by atoms with Crippen LogP contribution in [-0.4, -0.2) is 28.5 Å². The fourth-order valence-corrected chi connectivity index (χ4v) is 4.49. The third-order valence-corrected chi connectivity index (χ3v) is 5.24. The van der Waals surface area contributed by atoms with Crippen molar-refractivity contribution in [3.8, 4) is 0 Å². The molecular weight excluding hydrogens is 266 g/mol. The van der Waals surface area contributed by atoms with E-state index in [0.717, 1.165) is 11.1 Å². The maximum atomic E-state index is 12.7. The van der Waals surface area contributed by atoms with Crippen LogP contribution in [0.3, 0.4) is 0 Å². The molecule has 108 valence electrons. The van der Waals surface area contributed by atoms with Crippen LogP contribution >= 0.6 is 0 Å². The Balaban J connectivity index is 1.91. The number of hydrogen-bond acceptors (Lipinski definition) is 3. The fraction of sp³-hybridized carbons (Fsp3) is 0.471. The maximum Gasteiger partial charge on any atom is 0.234 e. The van der Waals surface area contributed by atoms with Crippen molar-refractivity contribution in [3.05, 3.63) is 35.4 Å². The van der Waals surface area contributed by atoms with Gasteiger partial charge in [0.1, 0.15) is 5.78 Å². The molecule has 1 aliphatic heterocycles. The van der Waals surface area contributed by atoms with Gasteiger partial charge in [0, 0.05) is 18.4 Å². The molecule has 2 fully saturated rings. The number of Topliss-reactive ketones (excluding diaryl/α,β-unsaturated/α-hetero) is 1. The molecule has 4 atom stereocenters. The molecule has 4 unspecified atom stereocenters. The molecule has 2 amide bonds. The predicted molar refractivity (Wildman–Crippen MR) is 75.5 cm³/mol. The summed E-state index contributed by atoms with van der Waals surface area (Å²) >= 11 is 0. The van der Waals surface area contributed by atoms with Crippen LogP contribution in [-0.2, 0) is 14.4 Å². The first-order valence-corrected chi connectivity index (χ1v) is 7.51. The molecule has 0 radical (unpaired) electrons. The minimum atomic E-state index is -0.471. The van der Waals surface area contributed by atoms with Crippen LogP contribution in [0.5, 0.6) is 0 Å². The van der Waals surface area contributed by atoms with Crippen LogP contribution in [0.4, 0.5) is 0 Å². The summed E-state index contributed by atoms with van der Waals surface area (Å²) in [6, 6.07) is 7.65. The lowest BCUT2D eigenvalue weighted by molar-refractivity contribution is -0.142. The first-order chi connectivity index (χ1) is 10.0. The zero-order valence-corrected chi connectivity index (χ0v) is 12.1. The highest BCUT2D eigenvalue weighted by molar-refractivity contribution is 6.11. The molecule has 4 heteroatoms. The van der Waals surface area contributed by atoms with Gasteiger partial charge in [0.25, 0.3) is 0 Å². The predicted octanol–water partition coefficient (Wildman–Crippen LogP) is 1.85. The molecule has 1 aromatic rings. The number of nitrogens with zero attached hydrogens (tertiary/aromatic N) is 1. The van der Waals surface area contributed by atoms with Crippen molar-refractivity contribution in [2.24, 2.45) is 11.8 Å². The van der Waals surface area contributed by atoms with E-state index in [1.807, 2.05) is 38.1 Å². The average molecular weight is 283 g/mol. The van der Waals surface area contributed by atoms with Crippen molar-refractivity contribution in [1.29, 1.82) is 0 Å². The largest absolute Gasteiger partial charge is 0.299 e. The van der Waals surface area contributed by atoms with Crippen LogP contribution in [0.1, 0.15) is 43.2 Å². The molecule has 1 aromatic carbocycles. The lowest BCUT2D eigenvalue weighted by Gasteiger charge is -2.43. The average Bonchev–Trinajstić information content (AvgIpc) is 2.72. The van der Waals surface area contributed by atoms with Crippen molar-refractivity contribution >= 4 is 17.6 Å². The van der Waals surface area contributed by atoms with Crippen LogP contribution in [0.25, 0.3) is 0 Å². The number of hydrogen-bond donors (Lipinski definition) is 0. The molecule has 4 aliphatic rings. The summed E-state index contributed by atoms with van der Waals surface area (Å²) in [6.45, 7) is 3.70. The molecule has 1 heterocycles. The van der Waals surface area contributed by atoms with Gasteiger partial charge in [0.2, 0.25) is 11.8 Å². The van der Waals surface area contributed by atoms with E-state index in [-0.39, 0.29) is 35.5 Å². The van der Waals surface area contributed by atoms with Gasteiger partial charge in [-0.15, -0.1) is 0 Å². The molecule has 5 rings (SSSR count). The molecule has 2 bridgehead atoms. The highest BCUT2D eigenvalue weighted by Gasteiger charge is 2.62. The first-order valence-electron chi connectivity index (χ1n) is 7.51. The smallest absolute Gasteiger partial charge is 0.234 e. The molecular formula is C17H17NO3. The van der Waals surface area contributed by atoms with Gasteiger partial charge in [-0.2, -0.15) is 0 Å². The third kappa shape index (κ3) is 1.42. The monoisotopic (exact) mass is 283 g/mol. The minimum absolute atomic E-state index is 0.0861. The van der Waals surface area contributed by atoms with Gasteiger partial charge in [-0.3, -0.25) is 19.3 Å². The van der Waals surface area contributed by atoms with Crippen LogP contribution in [0.15, 0.2) is 24.3 Å². The third-order valence-electron chi connectivity index (χ3n) is 5.24. The van der Waals surface area contributed by atoms with E-state index in [2.05, 4.69) is 0 Å². The van der Waals surface area contributed by atoms with Crippen molar-refractivity contribution in [2.75, 3.05) is 0 Å². The van der Waals surface area contributed by atoms with E-state index >= 15 is 0 Å².